The maximum atomic E-state index is 13.4. The van der Waals surface area contributed by atoms with E-state index in [0.717, 1.165) is 52.2 Å². The molecule has 2 aliphatic heterocycles. The topological polar surface area (TPSA) is 62.2 Å². The number of allylic oxidation sites excluding steroid dienone is 1. The summed E-state index contributed by atoms with van der Waals surface area (Å²) in [6.07, 6.45) is 3.89. The number of aromatic nitrogens is 1. The lowest BCUT2D eigenvalue weighted by Gasteiger charge is -2.29. The molecule has 0 unspecified atom stereocenters. The third kappa shape index (κ3) is 3.67. The number of ether oxygens (including phenoxy) is 4. The van der Waals surface area contributed by atoms with Crippen LogP contribution in [0.3, 0.4) is 0 Å². The van der Waals surface area contributed by atoms with Gasteiger partial charge in [-0.3, -0.25) is 9.69 Å². The van der Waals surface area contributed by atoms with Gasteiger partial charge in [0.1, 0.15) is 24.0 Å². The third-order valence-corrected chi connectivity index (χ3v) is 6.35. The number of ketones is 1. The zero-order valence-electron chi connectivity index (χ0n) is 19.4. The van der Waals surface area contributed by atoms with Gasteiger partial charge in [0, 0.05) is 49.4 Å². The Morgan fingerprint density at radius 1 is 1.21 bits per heavy atom. The number of Topliss-reactive ketones (excluding diaryl/α,β-unsaturated/α-hetero) is 1. The molecule has 1 aromatic heterocycles. The van der Waals surface area contributed by atoms with E-state index in [1.54, 1.807) is 14.2 Å². The molecule has 0 spiro atoms. The van der Waals surface area contributed by atoms with E-state index in [1.165, 1.54) is 0 Å². The smallest absolute Gasteiger partial charge is 0.232 e. The van der Waals surface area contributed by atoms with Gasteiger partial charge < -0.3 is 23.5 Å². The van der Waals surface area contributed by atoms with Crippen molar-refractivity contribution in [3.63, 3.8) is 0 Å². The predicted octanol–water partition coefficient (Wildman–Crippen LogP) is 4.39. The molecule has 0 saturated heterocycles. The highest BCUT2D eigenvalue weighted by atomic mass is 16.5. The number of benzene rings is 2. The molecule has 3 aromatic rings. The molecule has 7 nitrogen and oxygen atoms in total. The number of carbonyl (C=O) groups excluding carboxylic acids is 1. The van der Waals surface area contributed by atoms with Crippen molar-refractivity contribution in [1.82, 2.24) is 9.47 Å². The van der Waals surface area contributed by atoms with Crippen LogP contribution in [-0.2, 0) is 17.8 Å². The minimum absolute atomic E-state index is 0.0976. The summed E-state index contributed by atoms with van der Waals surface area (Å²) in [5.74, 6) is 2.39. The minimum atomic E-state index is -0.0976. The van der Waals surface area contributed by atoms with Gasteiger partial charge >= 0.3 is 0 Å². The summed E-state index contributed by atoms with van der Waals surface area (Å²) in [5, 5.41) is 1.02. The number of hydrogen-bond donors (Lipinski definition) is 0. The van der Waals surface area contributed by atoms with Gasteiger partial charge in [-0.1, -0.05) is 0 Å². The van der Waals surface area contributed by atoms with E-state index in [1.807, 2.05) is 37.3 Å². The standard InChI is InChI=1S/C26H28N2O5/c1-5-28-13-17(19-12-18(31-4)6-7-21(19)28)11-23-25(29)24-16(2)10-22-20(26(24)33-23)14-27(15-32-22)8-9-30-3/h6-7,10-13H,5,8-9,14-15H2,1-4H3/b23-11-. The molecule has 172 valence electrons. The Labute approximate surface area is 193 Å². The summed E-state index contributed by atoms with van der Waals surface area (Å²) in [5.41, 5.74) is 4.40. The number of nitrogens with zero attached hydrogens (tertiary/aromatic N) is 2. The quantitative estimate of drug-likeness (QED) is 0.521. The van der Waals surface area contributed by atoms with Gasteiger partial charge in [-0.25, -0.2) is 0 Å². The van der Waals surface area contributed by atoms with Crippen molar-refractivity contribution in [2.75, 3.05) is 34.1 Å². The van der Waals surface area contributed by atoms with Crippen molar-refractivity contribution in [2.24, 2.45) is 0 Å². The molecule has 0 saturated carbocycles. The molecule has 33 heavy (non-hydrogen) atoms. The van der Waals surface area contributed by atoms with E-state index >= 15 is 0 Å². The van der Waals surface area contributed by atoms with Crippen LogP contribution in [-0.4, -0.2) is 49.4 Å². The largest absolute Gasteiger partial charge is 0.497 e. The maximum absolute atomic E-state index is 13.4. The first kappa shape index (κ1) is 21.6. The van der Waals surface area contributed by atoms with Gasteiger partial charge in [0.25, 0.3) is 0 Å². The lowest BCUT2D eigenvalue weighted by Crippen LogP contribution is -2.34. The van der Waals surface area contributed by atoms with Crippen LogP contribution >= 0.6 is 0 Å². The molecular formula is C26H28N2O5. The molecule has 0 fully saturated rings. The SMILES string of the molecule is CCn1cc(/C=C2\Oc3c4c(cc(C)c3C2=O)OCN(CCOC)C4)c2cc(OC)ccc21. The molecule has 0 bridgehead atoms. The average molecular weight is 449 g/mol. The van der Waals surface area contributed by atoms with Gasteiger partial charge in [-0.05, 0) is 49.8 Å². The molecule has 0 aliphatic carbocycles. The second-order valence-corrected chi connectivity index (χ2v) is 8.39. The van der Waals surface area contributed by atoms with Crippen LogP contribution in [0.15, 0.2) is 36.2 Å². The molecule has 0 N–H and O–H groups in total. The molecule has 7 heteroatoms. The maximum Gasteiger partial charge on any atom is 0.232 e. The van der Waals surface area contributed by atoms with Crippen LogP contribution in [0.5, 0.6) is 17.2 Å². The lowest BCUT2D eigenvalue weighted by molar-refractivity contribution is 0.0646. The molecule has 2 aromatic carbocycles. The summed E-state index contributed by atoms with van der Waals surface area (Å²) >= 11 is 0. The van der Waals surface area contributed by atoms with Gasteiger partial charge in [0.15, 0.2) is 5.76 Å². The van der Waals surface area contributed by atoms with Crippen LogP contribution in [0.1, 0.15) is 34.0 Å². The van der Waals surface area contributed by atoms with Crippen LogP contribution in [0.4, 0.5) is 0 Å². The van der Waals surface area contributed by atoms with E-state index in [-0.39, 0.29) is 5.78 Å². The Bertz CT molecular complexity index is 1270. The minimum Gasteiger partial charge on any atom is -0.497 e. The molecule has 0 amide bonds. The molecule has 0 radical (unpaired) electrons. The fourth-order valence-electron chi connectivity index (χ4n) is 4.59. The van der Waals surface area contributed by atoms with Crippen molar-refractivity contribution in [2.45, 2.75) is 26.9 Å². The highest BCUT2D eigenvalue weighted by Crippen LogP contribution is 2.44. The zero-order chi connectivity index (χ0) is 23.1. The van der Waals surface area contributed by atoms with Crippen LogP contribution in [0.25, 0.3) is 17.0 Å². The molecular weight excluding hydrogens is 420 g/mol. The van der Waals surface area contributed by atoms with Gasteiger partial charge in [0.05, 0.1) is 24.8 Å². The second-order valence-electron chi connectivity index (χ2n) is 8.39. The van der Waals surface area contributed by atoms with Gasteiger partial charge in [-0.15, -0.1) is 0 Å². The first-order valence-corrected chi connectivity index (χ1v) is 11.2. The number of aryl methyl sites for hydroxylation is 2. The van der Waals surface area contributed by atoms with E-state index < -0.39 is 0 Å². The van der Waals surface area contributed by atoms with Crippen LogP contribution < -0.4 is 14.2 Å². The Balaban J connectivity index is 1.55. The Kier molecular flexibility index (Phi) is 5.60. The van der Waals surface area contributed by atoms with E-state index in [2.05, 4.69) is 22.6 Å². The van der Waals surface area contributed by atoms with Crippen molar-refractivity contribution >= 4 is 22.8 Å². The summed E-state index contributed by atoms with van der Waals surface area (Å²) < 4.78 is 25.0. The second kappa shape index (κ2) is 8.57. The monoisotopic (exact) mass is 448 g/mol. The highest BCUT2D eigenvalue weighted by Gasteiger charge is 2.35. The van der Waals surface area contributed by atoms with Crippen molar-refractivity contribution < 1.29 is 23.7 Å². The molecule has 3 heterocycles. The number of fused-ring (bicyclic) bond motifs is 4. The zero-order valence-corrected chi connectivity index (χ0v) is 19.4. The van der Waals surface area contributed by atoms with Crippen molar-refractivity contribution in [1.29, 1.82) is 0 Å². The fraction of sp³-hybridized carbons (Fsp3) is 0.346. The highest BCUT2D eigenvalue weighted by molar-refractivity contribution is 6.16. The summed E-state index contributed by atoms with van der Waals surface area (Å²) in [4.78, 5) is 15.5. The Hall–Kier alpha value is -3.29. The number of methoxy groups -OCH3 is 2. The summed E-state index contributed by atoms with van der Waals surface area (Å²) in [6.45, 7) is 7.34. The lowest BCUT2D eigenvalue weighted by atomic mass is 9.98. The summed E-state index contributed by atoms with van der Waals surface area (Å²) in [6, 6.07) is 7.93. The average Bonchev–Trinajstić information content (AvgIpc) is 3.35. The number of hydrogen-bond acceptors (Lipinski definition) is 6. The molecule has 5 rings (SSSR count). The van der Waals surface area contributed by atoms with E-state index in [9.17, 15) is 4.79 Å². The van der Waals surface area contributed by atoms with Gasteiger partial charge in [0.2, 0.25) is 5.78 Å². The van der Waals surface area contributed by atoms with Crippen LogP contribution in [0, 0.1) is 6.92 Å². The van der Waals surface area contributed by atoms with E-state index in [4.69, 9.17) is 18.9 Å². The van der Waals surface area contributed by atoms with Crippen molar-refractivity contribution in [3.05, 3.63) is 58.5 Å². The number of rotatable bonds is 6. The van der Waals surface area contributed by atoms with Gasteiger partial charge in [-0.2, -0.15) is 0 Å². The normalized spacial score (nSPS) is 16.6. The first-order chi connectivity index (χ1) is 16.0. The Morgan fingerprint density at radius 2 is 2.06 bits per heavy atom. The molecule has 2 aliphatic rings. The fourth-order valence-corrected chi connectivity index (χ4v) is 4.59. The Morgan fingerprint density at radius 3 is 2.82 bits per heavy atom. The van der Waals surface area contributed by atoms with Crippen molar-refractivity contribution in [3.8, 4) is 17.2 Å². The van der Waals surface area contributed by atoms with E-state index in [0.29, 0.717) is 37.0 Å². The first-order valence-electron chi connectivity index (χ1n) is 11.2. The molecule has 0 atom stereocenters. The third-order valence-electron chi connectivity index (χ3n) is 6.35. The van der Waals surface area contributed by atoms with Crippen LogP contribution in [0.2, 0.25) is 0 Å². The predicted molar refractivity (Wildman–Crippen MR) is 126 cm³/mol. The summed E-state index contributed by atoms with van der Waals surface area (Å²) in [7, 11) is 3.34. The number of carbonyl (C=O) groups is 1.